The second-order valence-electron chi connectivity index (χ2n) is 7.08. The summed E-state index contributed by atoms with van der Waals surface area (Å²) in [5.41, 5.74) is -0.220. The van der Waals surface area contributed by atoms with Gasteiger partial charge in [-0.25, -0.2) is 4.79 Å². The molecule has 150 valence electrons. The van der Waals surface area contributed by atoms with Crippen LogP contribution < -0.4 is 10.6 Å². The maximum absolute atomic E-state index is 12.8. The van der Waals surface area contributed by atoms with E-state index in [-0.39, 0.29) is 0 Å². The Kier molecular flexibility index (Phi) is 4.52. The molecule has 4 rings (SSSR count). The zero-order valence-electron chi connectivity index (χ0n) is 15.1. The van der Waals surface area contributed by atoms with Crippen LogP contribution in [0.3, 0.4) is 0 Å². The zero-order valence-corrected chi connectivity index (χ0v) is 15.1. The van der Waals surface area contributed by atoms with E-state index < -0.39 is 23.4 Å². The first-order valence-electron chi connectivity index (χ1n) is 8.95. The average Bonchev–Trinajstić information content (AvgIpc) is 3.44. The van der Waals surface area contributed by atoms with Crippen molar-refractivity contribution in [3.8, 4) is 11.3 Å². The highest BCUT2D eigenvalue weighted by atomic mass is 19.4. The number of rotatable bonds is 5. The van der Waals surface area contributed by atoms with E-state index in [4.69, 9.17) is 5.11 Å². The lowest BCUT2D eigenvalue weighted by Gasteiger charge is -2.17. The van der Waals surface area contributed by atoms with Crippen molar-refractivity contribution in [3.63, 3.8) is 0 Å². The van der Waals surface area contributed by atoms with Crippen LogP contribution in [0.15, 0.2) is 48.5 Å². The largest absolute Gasteiger partial charge is 0.465 e. The molecule has 6 nitrogen and oxygen atoms in total. The molecule has 0 bridgehead atoms. The van der Waals surface area contributed by atoms with Gasteiger partial charge in [0.15, 0.2) is 5.82 Å². The standard InChI is InChI=1S/C20H17F3N4O2/c21-20(22,23)13-7-5-12(6-8-13)16-14-3-1-2-4-15(14)17(27-26-16)24-11-19(9-10-19)25-18(28)29/h1-8,25H,9-11H2,(H,24,27)(H,28,29). The Balaban J connectivity index is 1.65. The molecule has 0 radical (unpaired) electrons. The number of carboxylic acid groups (broad SMARTS) is 1. The molecule has 3 N–H and O–H groups in total. The number of benzene rings is 2. The molecule has 0 unspecified atom stereocenters. The number of halogens is 3. The predicted molar refractivity (Wildman–Crippen MR) is 102 cm³/mol. The molecule has 1 heterocycles. The third-order valence-corrected chi connectivity index (χ3v) is 4.99. The molecule has 1 aliphatic rings. The lowest BCUT2D eigenvalue weighted by Crippen LogP contribution is -2.41. The third-order valence-electron chi connectivity index (χ3n) is 4.99. The summed E-state index contributed by atoms with van der Waals surface area (Å²) in [5, 5.41) is 24.5. The van der Waals surface area contributed by atoms with Crippen molar-refractivity contribution in [2.45, 2.75) is 24.6 Å². The van der Waals surface area contributed by atoms with E-state index in [0.29, 0.717) is 23.6 Å². The van der Waals surface area contributed by atoms with Gasteiger partial charge >= 0.3 is 12.3 Å². The van der Waals surface area contributed by atoms with Crippen molar-refractivity contribution in [2.75, 3.05) is 11.9 Å². The van der Waals surface area contributed by atoms with Gasteiger partial charge in [0, 0.05) is 22.9 Å². The zero-order chi connectivity index (χ0) is 20.6. The molecule has 29 heavy (non-hydrogen) atoms. The predicted octanol–water partition coefficient (Wildman–Crippen LogP) is 4.53. The number of alkyl halides is 3. The maximum Gasteiger partial charge on any atom is 0.416 e. The minimum Gasteiger partial charge on any atom is -0.465 e. The number of fused-ring (bicyclic) bond motifs is 1. The number of amides is 1. The van der Waals surface area contributed by atoms with Crippen molar-refractivity contribution >= 4 is 22.7 Å². The van der Waals surface area contributed by atoms with Crippen LogP contribution in [0.5, 0.6) is 0 Å². The van der Waals surface area contributed by atoms with Gasteiger partial charge in [0.2, 0.25) is 0 Å². The average molecular weight is 402 g/mol. The van der Waals surface area contributed by atoms with Crippen molar-refractivity contribution in [2.24, 2.45) is 0 Å². The molecule has 0 spiro atoms. The summed E-state index contributed by atoms with van der Waals surface area (Å²) in [5.74, 6) is 0.495. The summed E-state index contributed by atoms with van der Waals surface area (Å²) in [6.45, 7) is 0.373. The smallest absolute Gasteiger partial charge is 0.416 e. The van der Waals surface area contributed by atoms with E-state index >= 15 is 0 Å². The Morgan fingerprint density at radius 3 is 2.28 bits per heavy atom. The molecule has 1 fully saturated rings. The van der Waals surface area contributed by atoms with Gasteiger partial charge in [-0.15, -0.1) is 10.2 Å². The highest BCUT2D eigenvalue weighted by Crippen LogP contribution is 2.37. The van der Waals surface area contributed by atoms with E-state index in [1.165, 1.54) is 12.1 Å². The molecule has 9 heteroatoms. The van der Waals surface area contributed by atoms with E-state index in [0.717, 1.165) is 35.7 Å². The third kappa shape index (κ3) is 3.94. The molecule has 1 saturated carbocycles. The molecule has 0 atom stereocenters. The van der Waals surface area contributed by atoms with E-state index in [2.05, 4.69) is 20.8 Å². The summed E-state index contributed by atoms with van der Waals surface area (Å²) < 4.78 is 38.4. The highest BCUT2D eigenvalue weighted by molar-refractivity contribution is 6.00. The number of hydrogen-bond donors (Lipinski definition) is 3. The summed E-state index contributed by atoms with van der Waals surface area (Å²) >= 11 is 0. The fourth-order valence-electron chi connectivity index (χ4n) is 3.24. The minimum absolute atomic E-state index is 0.373. The van der Waals surface area contributed by atoms with Gasteiger partial charge in [0.1, 0.15) is 5.69 Å². The summed E-state index contributed by atoms with van der Waals surface area (Å²) in [7, 11) is 0. The topological polar surface area (TPSA) is 87.1 Å². The summed E-state index contributed by atoms with van der Waals surface area (Å²) in [6.07, 6.45) is -4.00. The molecule has 0 aliphatic heterocycles. The van der Waals surface area contributed by atoms with Gasteiger partial charge in [-0.2, -0.15) is 13.2 Å². The lowest BCUT2D eigenvalue weighted by molar-refractivity contribution is -0.137. The first-order chi connectivity index (χ1) is 13.8. The van der Waals surface area contributed by atoms with Crippen LogP contribution in [0, 0.1) is 0 Å². The fourth-order valence-corrected chi connectivity index (χ4v) is 3.24. The Morgan fingerprint density at radius 1 is 1.03 bits per heavy atom. The normalized spacial score (nSPS) is 15.1. The fraction of sp³-hybridized carbons (Fsp3) is 0.250. The maximum atomic E-state index is 12.8. The van der Waals surface area contributed by atoms with Crippen LogP contribution in [-0.4, -0.2) is 33.5 Å². The Bertz CT molecular complexity index is 1060. The van der Waals surface area contributed by atoms with Crippen molar-refractivity contribution in [3.05, 3.63) is 54.1 Å². The summed E-state index contributed by atoms with van der Waals surface area (Å²) in [6, 6.07) is 12.1. The first kappa shape index (κ1) is 19.0. The van der Waals surface area contributed by atoms with E-state index in [1.807, 2.05) is 24.3 Å². The minimum atomic E-state index is -4.40. The first-order valence-corrected chi connectivity index (χ1v) is 8.95. The number of carbonyl (C=O) groups is 1. The van der Waals surface area contributed by atoms with Gasteiger partial charge in [0.05, 0.1) is 11.1 Å². The molecule has 1 aromatic heterocycles. The van der Waals surface area contributed by atoms with Gasteiger partial charge in [0.25, 0.3) is 0 Å². The van der Waals surface area contributed by atoms with E-state index in [9.17, 15) is 18.0 Å². The van der Waals surface area contributed by atoms with Gasteiger partial charge in [-0.3, -0.25) is 0 Å². The number of aromatic nitrogens is 2. The molecular formula is C20H17F3N4O2. The summed E-state index contributed by atoms with van der Waals surface area (Å²) in [4.78, 5) is 10.9. The van der Waals surface area contributed by atoms with Gasteiger partial charge in [-0.05, 0) is 25.0 Å². The molecule has 0 saturated heterocycles. The monoisotopic (exact) mass is 402 g/mol. The van der Waals surface area contributed by atoms with Crippen molar-refractivity contribution in [1.82, 2.24) is 15.5 Å². The highest BCUT2D eigenvalue weighted by Gasteiger charge is 2.44. The second-order valence-corrected chi connectivity index (χ2v) is 7.08. The van der Waals surface area contributed by atoms with Gasteiger partial charge < -0.3 is 15.7 Å². The van der Waals surface area contributed by atoms with Crippen molar-refractivity contribution in [1.29, 1.82) is 0 Å². The van der Waals surface area contributed by atoms with Gasteiger partial charge in [-0.1, -0.05) is 36.4 Å². The Morgan fingerprint density at radius 2 is 1.69 bits per heavy atom. The van der Waals surface area contributed by atoms with Crippen LogP contribution in [0.1, 0.15) is 18.4 Å². The SMILES string of the molecule is O=C(O)NC1(CNc2nnc(-c3ccc(C(F)(F)F)cc3)c3ccccc23)CC1. The Hall–Kier alpha value is -3.36. The van der Waals surface area contributed by atoms with Crippen molar-refractivity contribution < 1.29 is 23.1 Å². The number of anilines is 1. The second kappa shape index (κ2) is 6.91. The molecule has 3 aromatic rings. The number of hydrogen-bond acceptors (Lipinski definition) is 4. The number of nitrogens with one attached hydrogen (secondary N) is 2. The van der Waals surface area contributed by atoms with E-state index in [1.54, 1.807) is 0 Å². The molecule has 1 amide bonds. The van der Waals surface area contributed by atoms with Crippen LogP contribution in [0.25, 0.3) is 22.0 Å². The van der Waals surface area contributed by atoms with Crippen LogP contribution in [0.2, 0.25) is 0 Å². The molecular weight excluding hydrogens is 385 g/mol. The number of nitrogens with zero attached hydrogens (tertiary/aromatic N) is 2. The van der Waals surface area contributed by atoms with Crippen LogP contribution in [-0.2, 0) is 6.18 Å². The Labute approximate surface area is 163 Å². The lowest BCUT2D eigenvalue weighted by atomic mass is 10.0. The molecule has 2 aromatic carbocycles. The molecule has 1 aliphatic carbocycles. The van der Waals surface area contributed by atoms with Crippen LogP contribution >= 0.6 is 0 Å². The quantitative estimate of drug-likeness (QED) is 0.584. The van der Waals surface area contributed by atoms with Crippen LogP contribution in [0.4, 0.5) is 23.8 Å².